The Bertz CT molecular complexity index is 723. The Morgan fingerprint density at radius 1 is 1.24 bits per heavy atom. The Labute approximate surface area is 124 Å². The van der Waals surface area contributed by atoms with Gasteiger partial charge in [0.05, 0.1) is 9.95 Å². The molecule has 0 unspecified atom stereocenters. The van der Waals surface area contributed by atoms with Crippen LogP contribution in [0.25, 0.3) is 6.08 Å². The zero-order valence-corrected chi connectivity index (χ0v) is 11.4. The highest BCUT2D eigenvalue weighted by Crippen LogP contribution is 2.21. The number of nitro benzene ring substituents is 1. The Balaban J connectivity index is 2.27. The van der Waals surface area contributed by atoms with Gasteiger partial charge in [-0.2, -0.15) is 0 Å². The standard InChI is InChI=1S/C15H9ClFNO3/c16-13-5-2-6-14(17)12(13)7-8-15(19)10-3-1-4-11(9-10)18(20)21/h1-9H/b8-7+. The highest BCUT2D eigenvalue weighted by molar-refractivity contribution is 6.32. The van der Waals surface area contributed by atoms with Gasteiger partial charge in [0.15, 0.2) is 5.78 Å². The van der Waals surface area contributed by atoms with Crippen LogP contribution in [0, 0.1) is 15.9 Å². The second-order valence-corrected chi connectivity index (χ2v) is 4.55. The van der Waals surface area contributed by atoms with Crippen molar-refractivity contribution in [3.8, 4) is 0 Å². The van der Waals surface area contributed by atoms with Crippen molar-refractivity contribution in [1.82, 2.24) is 0 Å². The van der Waals surface area contributed by atoms with E-state index in [-0.39, 0.29) is 21.8 Å². The molecule has 2 aromatic rings. The molecule has 0 saturated carbocycles. The van der Waals surface area contributed by atoms with Gasteiger partial charge in [0.1, 0.15) is 5.82 Å². The van der Waals surface area contributed by atoms with Crippen LogP contribution in [0.5, 0.6) is 0 Å². The highest BCUT2D eigenvalue weighted by Gasteiger charge is 2.10. The molecular weight excluding hydrogens is 297 g/mol. The maximum absolute atomic E-state index is 13.5. The van der Waals surface area contributed by atoms with Gasteiger partial charge in [0, 0.05) is 23.3 Å². The largest absolute Gasteiger partial charge is 0.289 e. The van der Waals surface area contributed by atoms with Crippen molar-refractivity contribution in [3.63, 3.8) is 0 Å². The Hall–Kier alpha value is -2.53. The van der Waals surface area contributed by atoms with E-state index in [1.54, 1.807) is 0 Å². The van der Waals surface area contributed by atoms with Gasteiger partial charge < -0.3 is 0 Å². The normalized spacial score (nSPS) is 10.8. The summed E-state index contributed by atoms with van der Waals surface area (Å²) in [5.74, 6) is -1.02. The van der Waals surface area contributed by atoms with Crippen LogP contribution in [-0.4, -0.2) is 10.7 Å². The number of hydrogen-bond donors (Lipinski definition) is 0. The molecule has 0 fully saturated rings. The molecule has 0 amide bonds. The minimum atomic E-state index is -0.589. The van der Waals surface area contributed by atoms with Crippen LogP contribution in [0.2, 0.25) is 5.02 Å². The van der Waals surface area contributed by atoms with Crippen molar-refractivity contribution in [1.29, 1.82) is 0 Å². The number of rotatable bonds is 4. The number of ketones is 1. The molecule has 0 N–H and O–H groups in total. The van der Waals surface area contributed by atoms with Gasteiger partial charge in [0.2, 0.25) is 0 Å². The van der Waals surface area contributed by atoms with E-state index in [0.717, 1.165) is 12.1 Å². The van der Waals surface area contributed by atoms with Crippen molar-refractivity contribution < 1.29 is 14.1 Å². The first kappa shape index (κ1) is 14.9. The number of nitrogens with zero attached hydrogens (tertiary/aromatic N) is 1. The lowest BCUT2D eigenvalue weighted by atomic mass is 10.1. The summed E-state index contributed by atoms with van der Waals surface area (Å²) in [5.41, 5.74) is 0.0593. The minimum absolute atomic E-state index is 0.0953. The lowest BCUT2D eigenvalue weighted by Crippen LogP contribution is -1.96. The number of hydrogen-bond acceptors (Lipinski definition) is 3. The van der Waals surface area contributed by atoms with E-state index in [2.05, 4.69) is 0 Å². The molecule has 2 rings (SSSR count). The molecular formula is C15H9ClFNO3. The van der Waals surface area contributed by atoms with Crippen LogP contribution < -0.4 is 0 Å². The van der Waals surface area contributed by atoms with Crippen molar-refractivity contribution in [3.05, 3.63) is 80.6 Å². The van der Waals surface area contributed by atoms with Crippen LogP contribution >= 0.6 is 11.6 Å². The zero-order chi connectivity index (χ0) is 15.4. The fraction of sp³-hybridized carbons (Fsp3) is 0. The summed E-state index contributed by atoms with van der Waals surface area (Å²) < 4.78 is 13.5. The third-order valence-corrected chi connectivity index (χ3v) is 3.07. The topological polar surface area (TPSA) is 60.2 Å². The van der Waals surface area contributed by atoms with E-state index in [1.807, 2.05) is 0 Å². The molecule has 0 heterocycles. The van der Waals surface area contributed by atoms with E-state index >= 15 is 0 Å². The number of benzene rings is 2. The predicted octanol–water partition coefficient (Wildman–Crippen LogP) is 4.28. The summed E-state index contributed by atoms with van der Waals surface area (Å²) >= 11 is 5.83. The van der Waals surface area contributed by atoms with E-state index in [1.165, 1.54) is 42.5 Å². The summed E-state index contributed by atoms with van der Waals surface area (Å²) in [4.78, 5) is 22.0. The van der Waals surface area contributed by atoms with Crippen LogP contribution in [0.3, 0.4) is 0 Å². The van der Waals surface area contributed by atoms with Crippen LogP contribution in [0.1, 0.15) is 15.9 Å². The fourth-order valence-corrected chi connectivity index (χ4v) is 1.92. The summed E-state index contributed by atoms with van der Waals surface area (Å²) in [7, 11) is 0. The van der Waals surface area contributed by atoms with Crippen LogP contribution in [0.15, 0.2) is 48.5 Å². The lowest BCUT2D eigenvalue weighted by Gasteiger charge is -2.00. The Morgan fingerprint density at radius 2 is 1.95 bits per heavy atom. The summed E-state index contributed by atoms with van der Waals surface area (Å²) in [6, 6.07) is 9.49. The molecule has 0 aliphatic heterocycles. The van der Waals surface area contributed by atoms with Gasteiger partial charge >= 0.3 is 0 Å². The van der Waals surface area contributed by atoms with Gasteiger partial charge in [0.25, 0.3) is 5.69 Å². The molecule has 21 heavy (non-hydrogen) atoms. The van der Waals surface area contributed by atoms with Gasteiger partial charge in [-0.15, -0.1) is 0 Å². The first-order valence-corrected chi connectivity index (χ1v) is 6.27. The zero-order valence-electron chi connectivity index (χ0n) is 10.6. The molecule has 0 aliphatic rings. The average molecular weight is 306 g/mol. The monoisotopic (exact) mass is 305 g/mol. The molecule has 106 valence electrons. The van der Waals surface area contributed by atoms with E-state index in [4.69, 9.17) is 11.6 Å². The van der Waals surface area contributed by atoms with E-state index in [9.17, 15) is 19.3 Å². The molecule has 0 saturated heterocycles. The number of carbonyl (C=O) groups is 1. The van der Waals surface area contributed by atoms with E-state index < -0.39 is 16.5 Å². The number of nitro groups is 1. The smallest absolute Gasteiger partial charge is 0.270 e. The molecule has 0 bridgehead atoms. The van der Waals surface area contributed by atoms with Crippen LogP contribution in [-0.2, 0) is 0 Å². The molecule has 0 radical (unpaired) electrons. The lowest BCUT2D eigenvalue weighted by molar-refractivity contribution is -0.384. The van der Waals surface area contributed by atoms with E-state index in [0.29, 0.717) is 0 Å². The van der Waals surface area contributed by atoms with Gasteiger partial charge in [-0.25, -0.2) is 4.39 Å². The molecule has 2 aromatic carbocycles. The fourth-order valence-electron chi connectivity index (χ4n) is 1.70. The predicted molar refractivity (Wildman–Crippen MR) is 77.9 cm³/mol. The second-order valence-electron chi connectivity index (χ2n) is 4.14. The van der Waals surface area contributed by atoms with Crippen molar-refractivity contribution >= 4 is 29.1 Å². The maximum Gasteiger partial charge on any atom is 0.270 e. The third kappa shape index (κ3) is 3.52. The van der Waals surface area contributed by atoms with Crippen molar-refractivity contribution in [2.24, 2.45) is 0 Å². The molecule has 4 nitrogen and oxygen atoms in total. The first-order valence-electron chi connectivity index (χ1n) is 5.90. The summed E-state index contributed by atoms with van der Waals surface area (Å²) in [5, 5.41) is 10.8. The number of carbonyl (C=O) groups excluding carboxylic acids is 1. The van der Waals surface area contributed by atoms with Crippen LogP contribution in [0.4, 0.5) is 10.1 Å². The van der Waals surface area contributed by atoms with Gasteiger partial charge in [-0.3, -0.25) is 14.9 Å². The highest BCUT2D eigenvalue weighted by atomic mass is 35.5. The number of allylic oxidation sites excluding steroid dienone is 1. The molecule has 6 heteroatoms. The summed E-state index contributed by atoms with van der Waals surface area (Å²) in [6.07, 6.45) is 2.38. The second kappa shape index (κ2) is 6.28. The number of halogens is 2. The Kier molecular flexibility index (Phi) is 4.45. The Morgan fingerprint density at radius 3 is 2.62 bits per heavy atom. The summed E-state index contributed by atoms with van der Waals surface area (Å²) in [6.45, 7) is 0. The molecule has 0 aliphatic carbocycles. The first-order chi connectivity index (χ1) is 9.99. The van der Waals surface area contributed by atoms with Gasteiger partial charge in [-0.1, -0.05) is 29.8 Å². The average Bonchev–Trinajstić information content (AvgIpc) is 2.46. The SMILES string of the molecule is O=C(/C=C/c1c(F)cccc1Cl)c1cccc([N+](=O)[O-])c1. The van der Waals surface area contributed by atoms with Crippen molar-refractivity contribution in [2.75, 3.05) is 0 Å². The molecule has 0 spiro atoms. The molecule has 0 aromatic heterocycles. The maximum atomic E-state index is 13.5. The molecule has 0 atom stereocenters. The van der Waals surface area contributed by atoms with Crippen molar-refractivity contribution in [2.45, 2.75) is 0 Å². The van der Waals surface area contributed by atoms with Gasteiger partial charge in [-0.05, 0) is 24.3 Å². The minimum Gasteiger partial charge on any atom is -0.289 e. The quantitative estimate of drug-likeness (QED) is 0.366. The number of non-ortho nitro benzene ring substituents is 1. The third-order valence-electron chi connectivity index (χ3n) is 2.74.